The molecule has 0 radical (unpaired) electrons. The predicted octanol–water partition coefficient (Wildman–Crippen LogP) is 2.63. The molecule has 0 atom stereocenters. The minimum Gasteiger partial charge on any atom is -0.385 e. The van der Waals surface area contributed by atoms with E-state index in [4.69, 9.17) is 4.74 Å². The quantitative estimate of drug-likeness (QED) is 0.291. The number of aldehydes is 1. The van der Waals surface area contributed by atoms with Crippen molar-refractivity contribution in [3.63, 3.8) is 0 Å². The molecule has 0 bridgehead atoms. The lowest BCUT2D eigenvalue weighted by Crippen LogP contribution is -2.39. The van der Waals surface area contributed by atoms with Crippen LogP contribution >= 0.6 is 0 Å². The van der Waals surface area contributed by atoms with Gasteiger partial charge in [-0.3, -0.25) is 25.1 Å². The molecule has 11 heteroatoms. The van der Waals surface area contributed by atoms with E-state index in [9.17, 15) is 19.7 Å². The number of urea groups is 1. The van der Waals surface area contributed by atoms with Crippen molar-refractivity contribution in [3.8, 4) is 0 Å². The van der Waals surface area contributed by atoms with Crippen LogP contribution in [0.5, 0.6) is 0 Å². The number of nitro groups is 1. The van der Waals surface area contributed by atoms with Crippen molar-refractivity contribution < 1.29 is 19.2 Å². The molecule has 0 spiro atoms. The molecule has 3 rings (SSSR count). The number of nitrogens with zero attached hydrogens (tertiary/aromatic N) is 4. The summed E-state index contributed by atoms with van der Waals surface area (Å²) in [5.41, 5.74) is 1.18. The van der Waals surface area contributed by atoms with Gasteiger partial charge in [-0.1, -0.05) is 6.07 Å². The molecule has 3 heterocycles. The molecule has 0 aromatic carbocycles. The summed E-state index contributed by atoms with van der Waals surface area (Å²) < 4.78 is 4.97. The van der Waals surface area contributed by atoms with Crippen molar-refractivity contribution in [2.45, 2.75) is 19.3 Å². The third-order valence-electron chi connectivity index (χ3n) is 4.58. The van der Waals surface area contributed by atoms with Gasteiger partial charge < -0.3 is 10.1 Å². The summed E-state index contributed by atoms with van der Waals surface area (Å²) in [4.78, 5) is 44.3. The molecule has 2 amide bonds. The van der Waals surface area contributed by atoms with Gasteiger partial charge in [-0.25, -0.2) is 14.8 Å². The van der Waals surface area contributed by atoms with Gasteiger partial charge in [0.05, 0.1) is 4.92 Å². The van der Waals surface area contributed by atoms with E-state index in [1.165, 1.54) is 11.0 Å². The molecule has 11 nitrogen and oxygen atoms in total. The Labute approximate surface area is 172 Å². The number of amides is 2. The first-order valence-corrected chi connectivity index (χ1v) is 9.44. The van der Waals surface area contributed by atoms with Crippen LogP contribution in [0.2, 0.25) is 0 Å². The smallest absolute Gasteiger partial charge is 0.328 e. The van der Waals surface area contributed by atoms with Gasteiger partial charge in [0.1, 0.15) is 29.2 Å². The SMILES string of the molecule is COCCCNc1cc(NC(=O)N2CCCc3ccc(C=O)nc32)ncc1[N+](=O)[O-]. The number of carbonyl (C=O) groups excluding carboxylic acids is 2. The second kappa shape index (κ2) is 9.74. The monoisotopic (exact) mass is 414 g/mol. The zero-order chi connectivity index (χ0) is 21.5. The van der Waals surface area contributed by atoms with Crippen LogP contribution in [0.3, 0.4) is 0 Å². The third-order valence-corrected chi connectivity index (χ3v) is 4.58. The Bertz CT molecular complexity index is 951. The maximum atomic E-state index is 12.8. The summed E-state index contributed by atoms with van der Waals surface area (Å²) in [5.74, 6) is 0.599. The number of carbonyl (C=O) groups is 2. The number of aryl methyl sites for hydroxylation is 1. The molecule has 0 fully saturated rings. The third kappa shape index (κ3) is 4.87. The summed E-state index contributed by atoms with van der Waals surface area (Å²) in [7, 11) is 1.58. The summed E-state index contributed by atoms with van der Waals surface area (Å²) in [6.07, 6.45) is 3.90. The Kier molecular flexibility index (Phi) is 6.86. The predicted molar refractivity (Wildman–Crippen MR) is 110 cm³/mol. The topological polar surface area (TPSA) is 140 Å². The Morgan fingerprint density at radius 2 is 2.27 bits per heavy atom. The van der Waals surface area contributed by atoms with E-state index in [1.807, 2.05) is 0 Å². The number of ether oxygens (including phenoxy) is 1. The molecule has 1 aliphatic heterocycles. The van der Waals surface area contributed by atoms with Crippen LogP contribution in [0.4, 0.5) is 27.8 Å². The normalized spacial score (nSPS) is 12.8. The first-order chi connectivity index (χ1) is 14.5. The van der Waals surface area contributed by atoms with Crippen LogP contribution in [-0.4, -0.2) is 54.0 Å². The van der Waals surface area contributed by atoms with E-state index < -0.39 is 11.0 Å². The van der Waals surface area contributed by atoms with Crippen LogP contribution in [0.25, 0.3) is 0 Å². The average Bonchev–Trinajstić information content (AvgIpc) is 2.75. The number of anilines is 3. The maximum Gasteiger partial charge on any atom is 0.328 e. The van der Waals surface area contributed by atoms with Crippen LogP contribution in [0.1, 0.15) is 28.9 Å². The Morgan fingerprint density at radius 1 is 1.43 bits per heavy atom. The minimum atomic E-state index is -0.539. The van der Waals surface area contributed by atoms with Gasteiger partial charge in [-0.15, -0.1) is 0 Å². The molecule has 0 saturated carbocycles. The molecule has 0 saturated heterocycles. The summed E-state index contributed by atoms with van der Waals surface area (Å²) in [6.45, 7) is 1.41. The molecular formula is C19H22N6O5. The Balaban J connectivity index is 1.78. The first-order valence-electron chi connectivity index (χ1n) is 9.44. The lowest BCUT2D eigenvalue weighted by Gasteiger charge is -2.28. The fourth-order valence-electron chi connectivity index (χ4n) is 3.14. The molecule has 0 aliphatic carbocycles. The number of fused-ring (bicyclic) bond motifs is 1. The summed E-state index contributed by atoms with van der Waals surface area (Å²) in [5, 5.41) is 16.9. The molecule has 0 unspecified atom stereocenters. The fourth-order valence-corrected chi connectivity index (χ4v) is 3.14. The van der Waals surface area contributed by atoms with Gasteiger partial charge in [0.15, 0.2) is 6.29 Å². The van der Waals surface area contributed by atoms with Crippen molar-refractivity contribution >= 4 is 35.3 Å². The highest BCUT2D eigenvalue weighted by molar-refractivity contribution is 6.01. The number of pyridine rings is 2. The molecular weight excluding hydrogens is 392 g/mol. The van der Waals surface area contributed by atoms with Gasteiger partial charge in [0, 0.05) is 32.9 Å². The van der Waals surface area contributed by atoms with Crippen LogP contribution in [-0.2, 0) is 11.2 Å². The molecule has 2 aromatic rings. The van der Waals surface area contributed by atoms with E-state index in [0.717, 1.165) is 24.6 Å². The van der Waals surface area contributed by atoms with Gasteiger partial charge in [0.25, 0.3) is 0 Å². The molecule has 1 aliphatic rings. The van der Waals surface area contributed by atoms with E-state index in [-0.39, 0.29) is 22.9 Å². The van der Waals surface area contributed by atoms with Crippen molar-refractivity contribution in [1.29, 1.82) is 0 Å². The van der Waals surface area contributed by atoms with Crippen molar-refractivity contribution in [2.24, 2.45) is 0 Å². The van der Waals surface area contributed by atoms with Crippen LogP contribution in [0.15, 0.2) is 24.4 Å². The zero-order valence-corrected chi connectivity index (χ0v) is 16.5. The second-order valence-electron chi connectivity index (χ2n) is 6.64. The lowest BCUT2D eigenvalue weighted by atomic mass is 10.1. The molecule has 2 N–H and O–H groups in total. The molecule has 2 aromatic heterocycles. The number of hydrogen-bond acceptors (Lipinski definition) is 8. The van der Waals surface area contributed by atoms with Gasteiger partial charge in [-0.05, 0) is 30.9 Å². The fraction of sp³-hybridized carbons (Fsp3) is 0.368. The standard InChI is InChI=1S/C19H22N6O5/c1-30-9-3-7-20-15-10-17(21-11-16(15)25(28)29)23-19(27)24-8-2-4-13-5-6-14(12-26)22-18(13)24/h5-6,10-12H,2-4,7-9H2,1H3,(H2,20,21,23,27). The summed E-state index contributed by atoms with van der Waals surface area (Å²) >= 11 is 0. The number of hydrogen-bond donors (Lipinski definition) is 2. The van der Waals surface area contributed by atoms with Crippen molar-refractivity contribution in [1.82, 2.24) is 9.97 Å². The van der Waals surface area contributed by atoms with E-state index in [1.54, 1.807) is 19.2 Å². The maximum absolute atomic E-state index is 12.8. The number of aromatic nitrogens is 2. The van der Waals surface area contributed by atoms with Crippen molar-refractivity contribution in [3.05, 3.63) is 45.8 Å². The van der Waals surface area contributed by atoms with Gasteiger partial charge in [0.2, 0.25) is 0 Å². The first kappa shape index (κ1) is 21.1. The largest absolute Gasteiger partial charge is 0.385 e. The second-order valence-corrected chi connectivity index (χ2v) is 6.64. The highest BCUT2D eigenvalue weighted by Gasteiger charge is 2.25. The highest BCUT2D eigenvalue weighted by Crippen LogP contribution is 2.28. The number of rotatable bonds is 8. The zero-order valence-electron chi connectivity index (χ0n) is 16.5. The Hall–Kier alpha value is -3.60. The average molecular weight is 414 g/mol. The van der Waals surface area contributed by atoms with Crippen LogP contribution < -0.4 is 15.5 Å². The van der Waals surface area contributed by atoms with Gasteiger partial charge >= 0.3 is 11.7 Å². The molecule has 158 valence electrons. The Morgan fingerprint density at radius 3 is 3.00 bits per heavy atom. The number of methoxy groups -OCH3 is 1. The van der Waals surface area contributed by atoms with Crippen molar-refractivity contribution in [2.75, 3.05) is 42.3 Å². The summed E-state index contributed by atoms with van der Waals surface area (Å²) in [6, 6.07) is 4.35. The minimum absolute atomic E-state index is 0.165. The number of nitrogens with one attached hydrogen (secondary N) is 2. The van der Waals surface area contributed by atoms with Crippen LogP contribution in [0, 0.1) is 10.1 Å². The highest BCUT2D eigenvalue weighted by atomic mass is 16.6. The van der Waals surface area contributed by atoms with E-state index in [0.29, 0.717) is 38.2 Å². The van der Waals surface area contributed by atoms with E-state index in [2.05, 4.69) is 20.6 Å². The van der Waals surface area contributed by atoms with E-state index >= 15 is 0 Å². The molecule has 30 heavy (non-hydrogen) atoms. The lowest BCUT2D eigenvalue weighted by molar-refractivity contribution is -0.384. The van der Waals surface area contributed by atoms with Gasteiger partial charge in [-0.2, -0.15) is 0 Å².